The number of rotatable bonds is 6. The van der Waals surface area contributed by atoms with E-state index in [1.165, 1.54) is 6.42 Å². The van der Waals surface area contributed by atoms with Crippen LogP contribution in [0.1, 0.15) is 60.8 Å². The number of amides is 1. The molecule has 4 aliphatic rings. The Labute approximate surface area is 152 Å². The lowest BCUT2D eigenvalue weighted by Gasteiger charge is -2.60. The molecule has 1 saturated heterocycles. The quantitative estimate of drug-likeness (QED) is 0.722. The number of carbonyl (C=O) groups is 1. The molecule has 1 heterocycles. The minimum absolute atomic E-state index is 0.104. The predicted octanol–water partition coefficient (Wildman–Crippen LogP) is 2.38. The standard InChI is InChI=1S/C19H35BN2O3/c1-10(2)7-15(22-18(23)16(21)11(3)4)20-24-14-9-12-8-13(17(14)25-20)19(12,5)6/h10-17H,7-9,21H2,1-6H3,(H,22,23)/t12-,13+,14+,15-,16-,17-/m0/s1. The van der Waals surface area contributed by atoms with E-state index in [-0.39, 0.29) is 37.1 Å². The zero-order valence-electron chi connectivity index (χ0n) is 16.6. The highest BCUT2D eigenvalue weighted by Crippen LogP contribution is 2.61. The first kappa shape index (κ1) is 19.2. The lowest BCUT2D eigenvalue weighted by atomic mass is 9.47. The molecule has 5 nitrogen and oxygen atoms in total. The molecule has 3 aliphatic carbocycles. The molecule has 0 aromatic carbocycles. The largest absolute Gasteiger partial charge is 0.481 e. The van der Waals surface area contributed by atoms with Crippen molar-refractivity contribution < 1.29 is 14.1 Å². The lowest BCUT2D eigenvalue weighted by Crippen LogP contribution is -2.59. The Hall–Kier alpha value is -0.585. The van der Waals surface area contributed by atoms with E-state index in [0.29, 0.717) is 17.3 Å². The molecule has 0 radical (unpaired) electrons. The second-order valence-electron chi connectivity index (χ2n) is 9.75. The molecule has 25 heavy (non-hydrogen) atoms. The van der Waals surface area contributed by atoms with Gasteiger partial charge in [0.2, 0.25) is 5.91 Å². The van der Waals surface area contributed by atoms with E-state index in [4.69, 9.17) is 15.0 Å². The molecule has 6 heteroatoms. The molecule has 0 unspecified atom stereocenters. The third-order valence-electron chi connectivity index (χ3n) is 6.83. The van der Waals surface area contributed by atoms with Gasteiger partial charge in [-0.2, -0.15) is 0 Å². The maximum atomic E-state index is 12.5. The van der Waals surface area contributed by atoms with Crippen molar-refractivity contribution in [2.75, 3.05) is 0 Å². The molecule has 4 fully saturated rings. The van der Waals surface area contributed by atoms with Gasteiger partial charge in [0.15, 0.2) is 0 Å². The van der Waals surface area contributed by atoms with Crippen molar-refractivity contribution in [1.29, 1.82) is 0 Å². The van der Waals surface area contributed by atoms with Gasteiger partial charge >= 0.3 is 7.12 Å². The van der Waals surface area contributed by atoms with E-state index in [1.807, 2.05) is 13.8 Å². The van der Waals surface area contributed by atoms with E-state index in [0.717, 1.165) is 18.8 Å². The summed E-state index contributed by atoms with van der Waals surface area (Å²) in [4.78, 5) is 12.5. The van der Waals surface area contributed by atoms with Crippen LogP contribution in [-0.2, 0) is 14.1 Å². The van der Waals surface area contributed by atoms with Crippen LogP contribution in [0.2, 0.25) is 0 Å². The van der Waals surface area contributed by atoms with Crippen LogP contribution in [0, 0.1) is 29.1 Å². The molecule has 6 atom stereocenters. The minimum atomic E-state index is -0.495. The average Bonchev–Trinajstić information content (AvgIpc) is 2.96. The predicted molar refractivity (Wildman–Crippen MR) is 99.7 cm³/mol. The summed E-state index contributed by atoms with van der Waals surface area (Å²) in [6, 6.07) is -0.495. The highest BCUT2D eigenvalue weighted by Gasteiger charge is 2.62. The fourth-order valence-electron chi connectivity index (χ4n) is 4.88. The second kappa shape index (κ2) is 6.86. The van der Waals surface area contributed by atoms with Gasteiger partial charge in [-0.25, -0.2) is 0 Å². The molecule has 3 N–H and O–H groups in total. The van der Waals surface area contributed by atoms with Crippen molar-refractivity contribution in [2.24, 2.45) is 34.8 Å². The van der Waals surface area contributed by atoms with E-state index >= 15 is 0 Å². The summed E-state index contributed by atoms with van der Waals surface area (Å²) in [5.41, 5.74) is 6.38. The van der Waals surface area contributed by atoms with Crippen LogP contribution in [0.5, 0.6) is 0 Å². The Balaban J connectivity index is 1.67. The van der Waals surface area contributed by atoms with Gasteiger partial charge in [0.05, 0.1) is 24.2 Å². The number of carbonyl (C=O) groups excluding carboxylic acids is 1. The topological polar surface area (TPSA) is 73.6 Å². The fourth-order valence-corrected chi connectivity index (χ4v) is 4.88. The monoisotopic (exact) mass is 350 g/mol. The molecule has 0 aromatic rings. The molecule has 0 aromatic heterocycles. The smallest absolute Gasteiger partial charge is 0.404 e. The van der Waals surface area contributed by atoms with Gasteiger partial charge in [0.25, 0.3) is 0 Å². The number of hydrogen-bond acceptors (Lipinski definition) is 4. The average molecular weight is 350 g/mol. The summed E-state index contributed by atoms with van der Waals surface area (Å²) in [5, 5.41) is 3.12. The van der Waals surface area contributed by atoms with E-state index < -0.39 is 6.04 Å². The van der Waals surface area contributed by atoms with Crippen molar-refractivity contribution >= 4 is 13.0 Å². The normalized spacial score (nSPS) is 35.3. The van der Waals surface area contributed by atoms with E-state index in [2.05, 4.69) is 33.0 Å². The SMILES string of the molecule is CC(C)C[C@H](NC(=O)[C@@H](N)C(C)C)B1O[C@H]2[C@H]3C[C@@H](C[C@H]2O1)C3(C)C. The summed E-state index contributed by atoms with van der Waals surface area (Å²) in [5.74, 6) is 1.64. The first-order valence-corrected chi connectivity index (χ1v) is 9.98. The molecule has 2 bridgehead atoms. The van der Waals surface area contributed by atoms with Crippen molar-refractivity contribution in [3.05, 3.63) is 0 Å². The van der Waals surface area contributed by atoms with Gasteiger partial charge in [-0.3, -0.25) is 4.79 Å². The van der Waals surface area contributed by atoms with Gasteiger partial charge in [-0.1, -0.05) is 41.5 Å². The molecule has 4 rings (SSSR count). The van der Waals surface area contributed by atoms with Crippen molar-refractivity contribution in [2.45, 2.75) is 85.0 Å². The van der Waals surface area contributed by atoms with Crippen LogP contribution in [0.25, 0.3) is 0 Å². The molecule has 3 saturated carbocycles. The zero-order valence-corrected chi connectivity index (χ0v) is 16.6. The van der Waals surface area contributed by atoms with Crippen LogP contribution in [-0.4, -0.2) is 37.2 Å². The zero-order chi connectivity index (χ0) is 18.5. The number of hydrogen-bond donors (Lipinski definition) is 2. The summed E-state index contributed by atoms with van der Waals surface area (Å²) in [6.45, 7) is 13.0. The molecular weight excluding hydrogens is 315 g/mol. The van der Waals surface area contributed by atoms with Crippen LogP contribution < -0.4 is 11.1 Å². The van der Waals surface area contributed by atoms with Crippen LogP contribution in [0.3, 0.4) is 0 Å². The highest BCUT2D eigenvalue weighted by molar-refractivity contribution is 6.47. The lowest BCUT2D eigenvalue weighted by molar-refractivity contribution is -0.150. The van der Waals surface area contributed by atoms with E-state index in [9.17, 15) is 4.79 Å². The summed E-state index contributed by atoms with van der Waals surface area (Å²) >= 11 is 0. The number of nitrogens with two attached hydrogens (primary N) is 1. The first-order valence-electron chi connectivity index (χ1n) is 9.98. The van der Waals surface area contributed by atoms with Gasteiger partial charge < -0.3 is 20.4 Å². The molecule has 1 amide bonds. The Bertz CT molecular complexity index is 511. The van der Waals surface area contributed by atoms with Crippen LogP contribution >= 0.6 is 0 Å². The van der Waals surface area contributed by atoms with Crippen molar-refractivity contribution in [3.8, 4) is 0 Å². The van der Waals surface area contributed by atoms with E-state index in [1.54, 1.807) is 0 Å². The Kier molecular flexibility index (Phi) is 5.26. The van der Waals surface area contributed by atoms with Crippen LogP contribution in [0.4, 0.5) is 0 Å². The van der Waals surface area contributed by atoms with Gasteiger partial charge in [0, 0.05) is 0 Å². The van der Waals surface area contributed by atoms with Gasteiger partial charge in [-0.15, -0.1) is 0 Å². The molecule has 1 aliphatic heterocycles. The minimum Gasteiger partial charge on any atom is -0.404 e. The third-order valence-corrected chi connectivity index (χ3v) is 6.83. The highest BCUT2D eigenvalue weighted by atomic mass is 16.7. The maximum Gasteiger partial charge on any atom is 0.481 e. The fraction of sp³-hybridized carbons (Fsp3) is 0.947. The van der Waals surface area contributed by atoms with Crippen molar-refractivity contribution in [3.63, 3.8) is 0 Å². The molecule has 142 valence electrons. The van der Waals surface area contributed by atoms with Crippen LogP contribution in [0.15, 0.2) is 0 Å². The van der Waals surface area contributed by atoms with Gasteiger partial charge in [-0.05, 0) is 48.3 Å². The van der Waals surface area contributed by atoms with Gasteiger partial charge in [0.1, 0.15) is 0 Å². The Morgan fingerprint density at radius 1 is 1.24 bits per heavy atom. The Morgan fingerprint density at radius 2 is 1.92 bits per heavy atom. The third kappa shape index (κ3) is 3.50. The summed E-state index contributed by atoms with van der Waals surface area (Å²) in [7, 11) is -0.351. The maximum absolute atomic E-state index is 12.5. The molecule has 0 spiro atoms. The Morgan fingerprint density at radius 3 is 2.48 bits per heavy atom. The van der Waals surface area contributed by atoms with Crippen molar-refractivity contribution in [1.82, 2.24) is 5.32 Å². The molecular formula is C19H35BN2O3. The first-order chi connectivity index (χ1) is 11.6. The summed E-state index contributed by atoms with van der Waals surface area (Å²) in [6.07, 6.45) is 3.53. The second-order valence-corrected chi connectivity index (χ2v) is 9.75. The summed E-state index contributed by atoms with van der Waals surface area (Å²) < 4.78 is 12.7. The number of nitrogens with one attached hydrogen (secondary N) is 1.